The van der Waals surface area contributed by atoms with Crippen molar-refractivity contribution in [2.45, 2.75) is 0 Å². The summed E-state index contributed by atoms with van der Waals surface area (Å²) in [5.41, 5.74) is 0. The van der Waals surface area contributed by atoms with Crippen LogP contribution in [0.4, 0.5) is 9.59 Å². The molecule has 0 heterocycles. The summed E-state index contributed by atoms with van der Waals surface area (Å²) in [6.07, 6.45) is -4.25. The second kappa shape index (κ2) is 8.39. The van der Waals surface area contributed by atoms with Gasteiger partial charge in [-0.15, -0.1) is 0 Å². The molecule has 0 fully saturated rings. The summed E-state index contributed by atoms with van der Waals surface area (Å²) in [6, 6.07) is 0. The molecule has 0 aliphatic carbocycles. The van der Waals surface area contributed by atoms with Gasteiger partial charge in [0.2, 0.25) is 0 Å². The summed E-state index contributed by atoms with van der Waals surface area (Å²) in [5.74, 6) is 0. The van der Waals surface area contributed by atoms with Crippen LogP contribution < -0.4 is 10.2 Å². The van der Waals surface area contributed by atoms with E-state index in [9.17, 15) is 0 Å². The van der Waals surface area contributed by atoms with E-state index in [0.717, 1.165) is 0 Å². The third kappa shape index (κ3) is 26.2. The molecular formula is C2O7U. The third-order valence-electron chi connectivity index (χ3n) is 0.167. The fourth-order valence-electron chi connectivity index (χ4n) is 0.0680. The van der Waals surface area contributed by atoms with E-state index in [0.29, 0.717) is 0 Å². The average molecular weight is 374 g/mol. The number of carbonyl (C=O) groups is 2. The summed E-state index contributed by atoms with van der Waals surface area (Å²) >= 11 is -2.51. The first-order valence-corrected chi connectivity index (χ1v) is 5.03. The minimum atomic E-state index is -2.51. The number of carboxylic acid groups (broad SMARTS) is 2. The topological polar surface area (TPSA) is 124 Å². The molecule has 0 bridgehead atoms. The van der Waals surface area contributed by atoms with E-state index in [1.807, 2.05) is 0 Å². The minimum absolute atomic E-state index is 2.12. The average Bonchev–Trinajstić information content (AvgIpc) is 1.62. The van der Waals surface area contributed by atoms with Gasteiger partial charge >= 0.3 is 32.3 Å². The van der Waals surface area contributed by atoms with Gasteiger partial charge in [0.25, 0.3) is 12.3 Å². The van der Waals surface area contributed by atoms with Crippen molar-refractivity contribution in [1.29, 1.82) is 0 Å². The van der Waals surface area contributed by atoms with Crippen molar-refractivity contribution in [3.8, 4) is 0 Å². The number of carbonyl (C=O) groups excluding carboxylic acids is 2. The van der Waals surface area contributed by atoms with Gasteiger partial charge in [-0.2, -0.15) is 0 Å². The van der Waals surface area contributed by atoms with Gasteiger partial charge in [0.15, 0.2) is 0 Å². The molecule has 0 N–H and O–H groups in total. The van der Waals surface area contributed by atoms with Crippen LogP contribution in [-0.4, -0.2) is 12.3 Å². The Balaban J connectivity index is 0. The second-order valence-corrected chi connectivity index (χ2v) is 1.38. The first-order chi connectivity index (χ1) is 4.54. The maximum atomic E-state index is 9.06. The van der Waals surface area contributed by atoms with Crippen LogP contribution in [0, 0.1) is 27.8 Å². The molecule has 0 saturated carbocycles. The summed E-state index contributed by atoms with van der Waals surface area (Å²) in [7, 11) is 0. The summed E-state index contributed by atoms with van der Waals surface area (Å²) in [4.78, 5) is 18.1. The Morgan fingerprint density at radius 1 is 1.10 bits per heavy atom. The molecule has 0 aromatic carbocycles. The molecule has 0 radical (unpaired) electrons. The van der Waals surface area contributed by atoms with Crippen LogP contribution >= 0.6 is 0 Å². The molecule has 54 valence electrons. The van der Waals surface area contributed by atoms with Gasteiger partial charge in [-0.25, -0.2) is 0 Å². The van der Waals surface area contributed by atoms with E-state index < -0.39 is 40.1 Å². The van der Waals surface area contributed by atoms with Crippen molar-refractivity contribution < 1.29 is 56.8 Å². The van der Waals surface area contributed by atoms with Crippen molar-refractivity contribution in [3.63, 3.8) is 0 Å². The van der Waals surface area contributed by atoms with E-state index in [1.54, 1.807) is 0 Å². The molecule has 0 unspecified atom stereocenters. The molecule has 8 heteroatoms. The fraction of sp³-hybridized carbons (Fsp3) is 0. The Morgan fingerprint density at radius 3 is 1.30 bits per heavy atom. The first-order valence-electron chi connectivity index (χ1n) is 1.63. The van der Waals surface area contributed by atoms with Gasteiger partial charge in [-0.1, -0.05) is 0 Å². The monoisotopic (exact) mass is 374 g/mol. The first kappa shape index (κ1) is 12.1. The molecule has 0 amide bonds. The number of hydrogen-bond donors (Lipinski definition) is 0. The molecule has 7 nitrogen and oxygen atoms in total. The van der Waals surface area contributed by atoms with Gasteiger partial charge in [0, 0.05) is 0 Å². The van der Waals surface area contributed by atoms with Gasteiger partial charge < -0.3 is 24.5 Å². The Hall–Kier alpha value is -0.608. The van der Waals surface area contributed by atoms with Crippen molar-refractivity contribution >= 4 is 12.3 Å². The van der Waals surface area contributed by atoms with E-state index in [2.05, 4.69) is 4.74 Å². The van der Waals surface area contributed by atoms with Crippen molar-refractivity contribution in [1.82, 2.24) is 0 Å². The Morgan fingerprint density at radius 2 is 1.30 bits per heavy atom. The Bertz CT molecular complexity index is 143. The third-order valence-corrected chi connectivity index (χ3v) is 0.167. The number of ether oxygens (including phenoxy) is 1. The number of hydrogen-bond acceptors (Lipinski definition) is 7. The van der Waals surface area contributed by atoms with Crippen LogP contribution in [0.1, 0.15) is 0 Å². The molecule has 0 atom stereocenters. The molecule has 0 aromatic heterocycles. The van der Waals surface area contributed by atoms with E-state index in [4.69, 9.17) is 24.3 Å². The van der Waals surface area contributed by atoms with Crippen LogP contribution in [0.15, 0.2) is 0 Å². The summed E-state index contributed by atoms with van der Waals surface area (Å²) in [6.45, 7) is 0. The molecule has 0 aliphatic heterocycles. The molecule has 0 saturated heterocycles. The molecule has 0 aromatic rings. The second-order valence-electron chi connectivity index (χ2n) is 0.685. The zero-order chi connectivity index (χ0) is 8.57. The van der Waals surface area contributed by atoms with Gasteiger partial charge in [0.05, 0.1) is 0 Å². The quantitative estimate of drug-likeness (QED) is 0.338. The van der Waals surface area contributed by atoms with Crippen LogP contribution in [0.5, 0.6) is 0 Å². The van der Waals surface area contributed by atoms with E-state index in [-0.39, 0.29) is 0 Å². The summed E-state index contributed by atoms with van der Waals surface area (Å²) in [5, 5.41) is 18.1. The van der Waals surface area contributed by atoms with Crippen LogP contribution in [-0.2, 0) is 9.21 Å². The Kier molecular flexibility index (Phi) is 10.2. The van der Waals surface area contributed by atoms with Crippen LogP contribution in [0.2, 0.25) is 0 Å². The SMILES string of the molecule is O=C([O-])OC(=O)[O-].[O]=[U+2]=[O]. The fourth-order valence-corrected chi connectivity index (χ4v) is 0.0680. The van der Waals surface area contributed by atoms with Crippen LogP contribution in [0.3, 0.4) is 0 Å². The molecule has 0 spiro atoms. The van der Waals surface area contributed by atoms with Gasteiger partial charge in [0.1, 0.15) is 0 Å². The predicted molar refractivity (Wildman–Crippen MR) is 13.2 cm³/mol. The zero-order valence-electron chi connectivity index (χ0n) is 4.36. The molecule has 0 aliphatic rings. The zero-order valence-corrected chi connectivity index (χ0v) is 8.52. The van der Waals surface area contributed by atoms with Crippen molar-refractivity contribution in [3.05, 3.63) is 0 Å². The molecule has 10 heavy (non-hydrogen) atoms. The number of rotatable bonds is 0. The van der Waals surface area contributed by atoms with E-state index >= 15 is 0 Å². The molecule has 0 rings (SSSR count). The van der Waals surface area contributed by atoms with E-state index in [1.165, 1.54) is 0 Å². The van der Waals surface area contributed by atoms with Crippen molar-refractivity contribution in [2.24, 2.45) is 0 Å². The van der Waals surface area contributed by atoms with Gasteiger partial charge in [-0.3, -0.25) is 0 Å². The normalized spacial score (nSPS) is 6.00. The van der Waals surface area contributed by atoms with Crippen molar-refractivity contribution in [2.75, 3.05) is 0 Å². The Labute approximate surface area is 69.2 Å². The van der Waals surface area contributed by atoms with Crippen LogP contribution in [0.25, 0.3) is 0 Å². The summed E-state index contributed by atoms with van der Waals surface area (Å²) < 4.78 is 20.0. The standard InChI is InChI=1S/C2H2O5.2O.U/c3-1(4)7-2(5)6;;;/h(H,3,4)(H,5,6);;;/q;;;+2/p-2. The van der Waals surface area contributed by atoms with Gasteiger partial charge in [-0.05, 0) is 0 Å². The molecular weight excluding hydrogens is 374 g/mol. The predicted octanol–water partition coefficient (Wildman–Crippen LogP) is -2.55. The maximum absolute atomic E-state index is 9.06.